The molecule has 0 aromatic carbocycles. The van der Waals surface area contributed by atoms with Crippen molar-refractivity contribution in [3.8, 4) is 0 Å². The highest BCUT2D eigenvalue weighted by atomic mass is 16.4. The summed E-state index contributed by atoms with van der Waals surface area (Å²) in [5.74, 6) is -1.09. The van der Waals surface area contributed by atoms with E-state index in [9.17, 15) is 4.79 Å². The summed E-state index contributed by atoms with van der Waals surface area (Å²) in [6.07, 6.45) is 21.0. The predicted octanol–water partition coefficient (Wildman–Crippen LogP) is 6.44. The molecular weight excluding hydrogens is 338 g/mol. The van der Waals surface area contributed by atoms with Gasteiger partial charge >= 0.3 is 5.97 Å². The highest BCUT2D eigenvalue weighted by Crippen LogP contribution is 2.13. The highest BCUT2D eigenvalue weighted by Gasteiger charge is 2.11. The van der Waals surface area contributed by atoms with Crippen LogP contribution < -0.4 is 5.73 Å². The van der Waals surface area contributed by atoms with E-state index in [1.54, 1.807) is 0 Å². The van der Waals surface area contributed by atoms with Gasteiger partial charge in [0.1, 0.15) is 0 Å². The molecule has 0 aliphatic carbocycles. The first-order valence-electron chi connectivity index (χ1n) is 11.7. The Bertz CT molecular complexity index is 281. The second-order valence-corrected chi connectivity index (χ2v) is 7.73. The fraction of sp³-hybridized carbons (Fsp3) is 0.957. The average molecular weight is 388 g/mol. The Morgan fingerprint density at radius 3 is 1.30 bits per heavy atom. The molecule has 0 aliphatic heterocycles. The molecule has 0 fully saturated rings. The van der Waals surface area contributed by atoms with Crippen molar-refractivity contribution in [2.75, 3.05) is 6.54 Å². The van der Waals surface area contributed by atoms with Gasteiger partial charge in [-0.3, -0.25) is 0 Å². The number of carbonyl (C=O) groups is 1. The van der Waals surface area contributed by atoms with Crippen LogP contribution in [0.3, 0.4) is 0 Å². The third-order valence-electron chi connectivity index (χ3n) is 4.92. The van der Waals surface area contributed by atoms with Crippen LogP contribution in [-0.2, 0) is 4.79 Å². The topological polar surface area (TPSA) is 83.5 Å². The van der Waals surface area contributed by atoms with Gasteiger partial charge in [-0.2, -0.15) is 0 Å². The lowest BCUT2D eigenvalue weighted by molar-refractivity contribution is -0.146. The molecule has 0 bridgehead atoms. The second kappa shape index (κ2) is 25.4. The minimum absolute atomic E-state index is 0.396. The van der Waals surface area contributed by atoms with Gasteiger partial charge in [0.15, 0.2) is 6.10 Å². The van der Waals surface area contributed by atoms with Crippen LogP contribution in [0.2, 0.25) is 0 Å². The fourth-order valence-electron chi connectivity index (χ4n) is 3.05. The number of carboxylic acid groups (broad SMARTS) is 1. The Hall–Kier alpha value is -0.610. The van der Waals surface area contributed by atoms with Gasteiger partial charge in [-0.05, 0) is 19.4 Å². The summed E-state index contributed by atoms with van der Waals surface area (Å²) in [6.45, 7) is 5.29. The maximum absolute atomic E-state index is 10.4. The number of hydrogen-bond donors (Lipinski definition) is 3. The molecule has 0 aromatic rings. The quantitative estimate of drug-likeness (QED) is 0.223. The molecule has 0 aromatic heterocycles. The van der Waals surface area contributed by atoms with Crippen LogP contribution >= 0.6 is 0 Å². The standard InChI is InChI=1S/C18H36O3.C5H13N/c1-2-3-4-5-6-7-8-9-10-11-12-13-14-15-16-17(19)18(20)21;1-2-3-4-5-6/h17,19H,2-16H2,1H3,(H,20,21);2-6H2,1H3. The summed E-state index contributed by atoms with van der Waals surface area (Å²) < 4.78 is 0. The van der Waals surface area contributed by atoms with Gasteiger partial charge in [-0.15, -0.1) is 0 Å². The number of aliphatic hydroxyl groups excluding tert-OH is 1. The molecule has 0 radical (unpaired) electrons. The first-order valence-corrected chi connectivity index (χ1v) is 11.7. The van der Waals surface area contributed by atoms with E-state index in [4.69, 9.17) is 15.9 Å². The SMILES string of the molecule is CCCCCCCCCCCCCCCCC(O)C(=O)O.CCCCCN. The number of unbranched alkanes of at least 4 members (excludes halogenated alkanes) is 15. The molecule has 4 N–H and O–H groups in total. The molecule has 0 amide bonds. The van der Waals surface area contributed by atoms with Crippen LogP contribution in [0.5, 0.6) is 0 Å². The van der Waals surface area contributed by atoms with Crippen molar-refractivity contribution in [2.45, 2.75) is 136 Å². The predicted molar refractivity (Wildman–Crippen MR) is 117 cm³/mol. The molecule has 1 unspecified atom stereocenters. The molecule has 27 heavy (non-hydrogen) atoms. The van der Waals surface area contributed by atoms with Crippen molar-refractivity contribution in [1.29, 1.82) is 0 Å². The molecule has 0 rings (SSSR count). The molecule has 164 valence electrons. The number of carboxylic acids is 1. The molecule has 0 saturated heterocycles. The summed E-state index contributed by atoms with van der Waals surface area (Å²) in [4.78, 5) is 10.4. The van der Waals surface area contributed by atoms with Gasteiger partial charge in [0.05, 0.1) is 0 Å². The van der Waals surface area contributed by atoms with Gasteiger partial charge < -0.3 is 15.9 Å². The van der Waals surface area contributed by atoms with Crippen LogP contribution in [0.25, 0.3) is 0 Å². The van der Waals surface area contributed by atoms with Gasteiger partial charge in [0.25, 0.3) is 0 Å². The minimum atomic E-state index is -1.16. The van der Waals surface area contributed by atoms with E-state index in [1.807, 2.05) is 0 Å². The summed E-state index contributed by atoms with van der Waals surface area (Å²) in [6, 6.07) is 0. The maximum atomic E-state index is 10.4. The summed E-state index contributed by atoms with van der Waals surface area (Å²) in [5, 5.41) is 17.7. The first kappa shape index (κ1) is 28.6. The van der Waals surface area contributed by atoms with Crippen LogP contribution in [-0.4, -0.2) is 28.8 Å². The second-order valence-electron chi connectivity index (χ2n) is 7.73. The van der Waals surface area contributed by atoms with E-state index in [2.05, 4.69) is 13.8 Å². The van der Waals surface area contributed by atoms with Crippen LogP contribution in [0.1, 0.15) is 129 Å². The Morgan fingerprint density at radius 1 is 0.667 bits per heavy atom. The van der Waals surface area contributed by atoms with Crippen molar-refractivity contribution in [1.82, 2.24) is 0 Å². The monoisotopic (exact) mass is 387 g/mol. The zero-order chi connectivity index (χ0) is 20.6. The van der Waals surface area contributed by atoms with Gasteiger partial charge in [-0.25, -0.2) is 4.79 Å². The number of rotatable bonds is 19. The normalized spacial score (nSPS) is 11.7. The molecule has 0 aliphatic rings. The highest BCUT2D eigenvalue weighted by molar-refractivity contribution is 5.71. The zero-order valence-corrected chi connectivity index (χ0v) is 18.4. The van der Waals surface area contributed by atoms with E-state index >= 15 is 0 Å². The molecule has 4 nitrogen and oxygen atoms in total. The Morgan fingerprint density at radius 2 is 1.00 bits per heavy atom. The van der Waals surface area contributed by atoms with Crippen LogP contribution in [0.15, 0.2) is 0 Å². The molecule has 1 atom stereocenters. The van der Waals surface area contributed by atoms with Gasteiger partial charge in [0, 0.05) is 0 Å². The van der Waals surface area contributed by atoms with Crippen molar-refractivity contribution >= 4 is 5.97 Å². The van der Waals surface area contributed by atoms with E-state index < -0.39 is 12.1 Å². The van der Waals surface area contributed by atoms with Gasteiger partial charge in [-0.1, -0.05) is 117 Å². The lowest BCUT2D eigenvalue weighted by Gasteiger charge is -2.05. The Kier molecular flexibility index (Phi) is 26.9. The lowest BCUT2D eigenvalue weighted by atomic mass is 10.0. The third kappa shape index (κ3) is 27.7. The minimum Gasteiger partial charge on any atom is -0.479 e. The van der Waals surface area contributed by atoms with Crippen molar-refractivity contribution in [2.24, 2.45) is 5.73 Å². The van der Waals surface area contributed by atoms with Crippen LogP contribution in [0, 0.1) is 0 Å². The Balaban J connectivity index is 0. The Labute approximate surface area is 169 Å². The molecule has 0 spiro atoms. The van der Waals surface area contributed by atoms with Crippen molar-refractivity contribution in [3.05, 3.63) is 0 Å². The summed E-state index contributed by atoms with van der Waals surface area (Å²) in [7, 11) is 0. The molecule has 4 heteroatoms. The fourth-order valence-corrected chi connectivity index (χ4v) is 3.05. The molecular formula is C23H49NO3. The van der Waals surface area contributed by atoms with Crippen LogP contribution in [0.4, 0.5) is 0 Å². The molecule has 0 saturated carbocycles. The van der Waals surface area contributed by atoms with Crippen molar-refractivity contribution in [3.63, 3.8) is 0 Å². The van der Waals surface area contributed by atoms with E-state index in [1.165, 1.54) is 96.3 Å². The summed E-state index contributed by atoms with van der Waals surface area (Å²) in [5.41, 5.74) is 5.21. The van der Waals surface area contributed by atoms with E-state index in [0.29, 0.717) is 6.42 Å². The number of nitrogens with two attached hydrogens (primary N) is 1. The smallest absolute Gasteiger partial charge is 0.332 e. The number of aliphatic hydroxyl groups is 1. The number of hydrogen-bond acceptors (Lipinski definition) is 3. The zero-order valence-electron chi connectivity index (χ0n) is 18.4. The van der Waals surface area contributed by atoms with E-state index in [-0.39, 0.29) is 0 Å². The molecule has 0 heterocycles. The third-order valence-corrected chi connectivity index (χ3v) is 4.92. The lowest BCUT2D eigenvalue weighted by Crippen LogP contribution is -2.18. The average Bonchev–Trinajstić information content (AvgIpc) is 2.66. The van der Waals surface area contributed by atoms with E-state index in [0.717, 1.165) is 19.4 Å². The van der Waals surface area contributed by atoms with Crippen molar-refractivity contribution < 1.29 is 15.0 Å². The first-order chi connectivity index (χ1) is 13.1. The largest absolute Gasteiger partial charge is 0.479 e. The van der Waals surface area contributed by atoms with Gasteiger partial charge in [0.2, 0.25) is 0 Å². The number of aliphatic carboxylic acids is 1. The summed E-state index contributed by atoms with van der Waals surface area (Å²) >= 11 is 0. The maximum Gasteiger partial charge on any atom is 0.332 e.